The van der Waals surface area contributed by atoms with Crippen molar-refractivity contribution in [2.45, 2.75) is 38.8 Å². The molecule has 5 nitrogen and oxygen atoms in total. The predicted octanol–water partition coefficient (Wildman–Crippen LogP) is 4.48. The van der Waals surface area contributed by atoms with Crippen LogP contribution in [0.3, 0.4) is 0 Å². The Balaban J connectivity index is 1.84. The number of nitrogen functional groups attached to an aromatic ring is 1. The summed E-state index contributed by atoms with van der Waals surface area (Å²) in [5.41, 5.74) is 6.91. The lowest BCUT2D eigenvalue weighted by molar-refractivity contribution is -0.138. The van der Waals surface area contributed by atoms with Crippen LogP contribution in [0.25, 0.3) is 0 Å². The minimum atomic E-state index is -1.02. The minimum Gasteiger partial charge on any atom is -0.496 e. The van der Waals surface area contributed by atoms with E-state index in [0.717, 1.165) is 11.6 Å². The van der Waals surface area contributed by atoms with Gasteiger partial charge < -0.3 is 24.7 Å². The molecule has 0 amide bonds. The molecular weight excluding hydrogens is 392 g/mol. The first-order valence-electron chi connectivity index (χ1n) is 8.73. The molecule has 1 fully saturated rings. The van der Waals surface area contributed by atoms with Gasteiger partial charge in [-0.15, -0.1) is 0 Å². The molecule has 0 spiro atoms. The molecule has 0 radical (unpaired) electrons. The van der Waals surface area contributed by atoms with Crippen molar-refractivity contribution in [3.05, 3.63) is 52.0 Å². The molecule has 8 heteroatoms. The summed E-state index contributed by atoms with van der Waals surface area (Å²) in [7, 11) is 1.38. The third-order valence-electron chi connectivity index (χ3n) is 4.44. The van der Waals surface area contributed by atoms with Gasteiger partial charge in [-0.1, -0.05) is 11.6 Å². The highest BCUT2D eigenvalue weighted by molar-refractivity contribution is 6.33. The van der Waals surface area contributed by atoms with Gasteiger partial charge in [-0.3, -0.25) is 0 Å². The molecule has 2 N–H and O–H groups in total. The van der Waals surface area contributed by atoms with Gasteiger partial charge in [-0.05, 0) is 37.6 Å². The SMILES string of the molecule is COc1ccc(F)c(F)c1COc1cc(N)c(Cl)cc1CC1COC(C)(C)O1. The maximum Gasteiger partial charge on any atom is 0.169 e. The molecule has 1 unspecified atom stereocenters. The maximum atomic E-state index is 14.2. The third kappa shape index (κ3) is 4.48. The topological polar surface area (TPSA) is 62.9 Å². The number of hydrogen-bond donors (Lipinski definition) is 1. The molecular formula is C20H22ClF2NO4. The zero-order chi connectivity index (χ0) is 20.5. The Morgan fingerprint density at radius 1 is 1.25 bits per heavy atom. The molecule has 152 valence electrons. The number of nitrogens with two attached hydrogens (primary N) is 1. The van der Waals surface area contributed by atoms with Gasteiger partial charge in [0.2, 0.25) is 0 Å². The van der Waals surface area contributed by atoms with Gasteiger partial charge >= 0.3 is 0 Å². The van der Waals surface area contributed by atoms with Crippen molar-refractivity contribution >= 4 is 17.3 Å². The van der Waals surface area contributed by atoms with Gasteiger partial charge in [0.25, 0.3) is 0 Å². The van der Waals surface area contributed by atoms with E-state index in [1.54, 1.807) is 12.1 Å². The van der Waals surface area contributed by atoms with Crippen molar-refractivity contribution in [2.24, 2.45) is 0 Å². The average molecular weight is 414 g/mol. The van der Waals surface area contributed by atoms with Gasteiger partial charge in [-0.2, -0.15) is 0 Å². The summed E-state index contributed by atoms with van der Waals surface area (Å²) >= 11 is 6.16. The van der Waals surface area contributed by atoms with Crippen LogP contribution in [0.1, 0.15) is 25.0 Å². The summed E-state index contributed by atoms with van der Waals surface area (Å²) in [5, 5.41) is 0.370. The van der Waals surface area contributed by atoms with Crippen LogP contribution in [0.2, 0.25) is 5.02 Å². The molecule has 1 heterocycles. The fourth-order valence-corrected chi connectivity index (χ4v) is 3.25. The van der Waals surface area contributed by atoms with Crippen molar-refractivity contribution in [2.75, 3.05) is 19.5 Å². The van der Waals surface area contributed by atoms with E-state index in [1.807, 2.05) is 13.8 Å². The van der Waals surface area contributed by atoms with E-state index < -0.39 is 17.4 Å². The standard InChI is InChI=1S/C20H22ClF2NO4/c1-20(2)27-9-12(28-20)6-11-7-14(21)16(24)8-18(11)26-10-13-17(25-3)5-4-15(22)19(13)23/h4-5,7-8,12H,6,9-10,24H2,1-3H3. The fraction of sp³-hybridized carbons (Fsp3) is 0.400. The molecule has 1 aliphatic rings. The molecule has 1 atom stereocenters. The summed E-state index contributed by atoms with van der Waals surface area (Å²) in [5.74, 6) is -2.06. The van der Waals surface area contributed by atoms with Crippen LogP contribution in [0.15, 0.2) is 24.3 Å². The van der Waals surface area contributed by atoms with Gasteiger partial charge in [0.15, 0.2) is 17.4 Å². The lowest BCUT2D eigenvalue weighted by Gasteiger charge is -2.19. The van der Waals surface area contributed by atoms with E-state index in [1.165, 1.54) is 13.2 Å². The average Bonchev–Trinajstić information content (AvgIpc) is 2.98. The van der Waals surface area contributed by atoms with E-state index in [0.29, 0.717) is 29.5 Å². The summed E-state index contributed by atoms with van der Waals surface area (Å²) in [6.45, 7) is 3.84. The van der Waals surface area contributed by atoms with Crippen LogP contribution in [0.5, 0.6) is 11.5 Å². The second-order valence-electron chi connectivity index (χ2n) is 6.97. The Bertz CT molecular complexity index is 876. The Kier molecular flexibility index (Phi) is 5.98. The smallest absolute Gasteiger partial charge is 0.169 e. The number of rotatable bonds is 6. The van der Waals surface area contributed by atoms with Crippen molar-refractivity contribution in [3.8, 4) is 11.5 Å². The zero-order valence-electron chi connectivity index (χ0n) is 15.9. The first-order valence-corrected chi connectivity index (χ1v) is 9.11. The van der Waals surface area contributed by atoms with Crippen LogP contribution in [-0.2, 0) is 22.5 Å². The molecule has 0 aliphatic carbocycles. The number of halogens is 3. The highest BCUT2D eigenvalue weighted by atomic mass is 35.5. The summed E-state index contributed by atoms with van der Waals surface area (Å²) in [6, 6.07) is 5.59. The second-order valence-corrected chi connectivity index (χ2v) is 7.37. The quantitative estimate of drug-likeness (QED) is 0.707. The molecule has 28 heavy (non-hydrogen) atoms. The van der Waals surface area contributed by atoms with E-state index in [-0.39, 0.29) is 24.0 Å². The Hall–Kier alpha value is -2.09. The van der Waals surface area contributed by atoms with Crippen molar-refractivity contribution < 1.29 is 27.7 Å². The van der Waals surface area contributed by atoms with Crippen molar-refractivity contribution in [1.29, 1.82) is 0 Å². The number of ether oxygens (including phenoxy) is 4. The molecule has 2 aromatic carbocycles. The normalized spacial score (nSPS) is 18.3. The highest BCUT2D eigenvalue weighted by Gasteiger charge is 2.33. The number of benzene rings is 2. The van der Waals surface area contributed by atoms with Crippen molar-refractivity contribution in [3.63, 3.8) is 0 Å². The molecule has 0 bridgehead atoms. The van der Waals surface area contributed by atoms with Crippen molar-refractivity contribution in [1.82, 2.24) is 0 Å². The molecule has 1 aliphatic heterocycles. The second kappa shape index (κ2) is 8.11. The first kappa shape index (κ1) is 20.6. The van der Waals surface area contributed by atoms with Crippen LogP contribution < -0.4 is 15.2 Å². The van der Waals surface area contributed by atoms with Gasteiger partial charge in [0.1, 0.15) is 18.1 Å². The lowest BCUT2D eigenvalue weighted by atomic mass is 10.1. The molecule has 0 aromatic heterocycles. The molecule has 0 saturated carbocycles. The summed E-state index contributed by atoms with van der Waals surface area (Å²) in [6.07, 6.45) is 0.263. The third-order valence-corrected chi connectivity index (χ3v) is 4.77. The Morgan fingerprint density at radius 2 is 2.00 bits per heavy atom. The van der Waals surface area contributed by atoms with Crippen LogP contribution in [0.4, 0.5) is 14.5 Å². The molecule has 2 aromatic rings. The van der Waals surface area contributed by atoms with E-state index >= 15 is 0 Å². The summed E-state index contributed by atoms with van der Waals surface area (Å²) in [4.78, 5) is 0. The van der Waals surface area contributed by atoms with E-state index in [9.17, 15) is 8.78 Å². The van der Waals surface area contributed by atoms with Gasteiger partial charge in [-0.25, -0.2) is 8.78 Å². The fourth-order valence-electron chi connectivity index (χ4n) is 3.06. The van der Waals surface area contributed by atoms with Crippen LogP contribution >= 0.6 is 11.6 Å². The summed E-state index contributed by atoms with van der Waals surface area (Å²) < 4.78 is 50.1. The number of anilines is 1. The maximum absolute atomic E-state index is 14.2. The van der Waals surface area contributed by atoms with E-state index in [4.69, 9.17) is 36.3 Å². The first-order chi connectivity index (χ1) is 13.2. The van der Waals surface area contributed by atoms with E-state index in [2.05, 4.69) is 0 Å². The molecule has 3 rings (SSSR count). The largest absolute Gasteiger partial charge is 0.496 e. The zero-order valence-corrected chi connectivity index (χ0v) is 16.6. The Labute approximate surface area is 167 Å². The Morgan fingerprint density at radius 3 is 2.64 bits per heavy atom. The van der Waals surface area contributed by atoms with Gasteiger partial charge in [0.05, 0.1) is 36.1 Å². The minimum absolute atomic E-state index is 0.0245. The monoisotopic (exact) mass is 413 g/mol. The van der Waals surface area contributed by atoms with Gasteiger partial charge in [0, 0.05) is 12.5 Å². The predicted molar refractivity (Wildman–Crippen MR) is 102 cm³/mol. The molecule has 1 saturated heterocycles. The highest BCUT2D eigenvalue weighted by Crippen LogP contribution is 2.34. The number of methoxy groups -OCH3 is 1. The lowest BCUT2D eigenvalue weighted by Crippen LogP contribution is -2.22. The van der Waals surface area contributed by atoms with Crippen LogP contribution in [0, 0.1) is 11.6 Å². The van der Waals surface area contributed by atoms with Crippen LogP contribution in [-0.4, -0.2) is 25.6 Å². The number of hydrogen-bond acceptors (Lipinski definition) is 5.